The molecule has 12 heteroatoms. The third kappa shape index (κ3) is 5.86. The Kier molecular flexibility index (Phi) is 8.12. The number of aromatic hydroxyl groups is 2. The van der Waals surface area contributed by atoms with Crippen LogP contribution in [0.4, 0.5) is 0 Å². The van der Waals surface area contributed by atoms with E-state index < -0.39 is 0 Å². The average Bonchev–Trinajstić information content (AvgIpc) is 3.56. The number of aryl methyl sites for hydroxylation is 1. The first kappa shape index (κ1) is 30.4. The summed E-state index contributed by atoms with van der Waals surface area (Å²) in [5.41, 5.74) is 2.61. The van der Waals surface area contributed by atoms with Crippen LogP contribution in [0.15, 0.2) is 107 Å². The lowest BCUT2D eigenvalue weighted by atomic mass is 10.1. The molecule has 0 spiro atoms. The summed E-state index contributed by atoms with van der Waals surface area (Å²) >= 11 is 0. The van der Waals surface area contributed by atoms with Crippen LogP contribution in [0.1, 0.15) is 18.5 Å². The summed E-state index contributed by atoms with van der Waals surface area (Å²) in [5, 5.41) is 29.9. The van der Waals surface area contributed by atoms with Crippen molar-refractivity contribution < 1.29 is 14.9 Å². The maximum atomic E-state index is 13.7. The number of hydrogen-bond donors (Lipinski definition) is 2. The molecule has 0 radical (unpaired) electrons. The zero-order chi connectivity index (χ0) is 33.2. The number of phenols is 2. The van der Waals surface area contributed by atoms with Gasteiger partial charge in [0.25, 0.3) is 11.1 Å². The summed E-state index contributed by atoms with van der Waals surface area (Å²) in [7, 11) is 1.46. The number of ether oxygens (including phenoxy) is 1. The molecule has 0 aliphatic carbocycles. The van der Waals surface area contributed by atoms with Gasteiger partial charge in [-0.2, -0.15) is 0 Å². The highest BCUT2D eigenvalue weighted by atomic mass is 16.5. The topological polar surface area (TPSA) is 150 Å². The van der Waals surface area contributed by atoms with Gasteiger partial charge in [0.1, 0.15) is 23.1 Å². The van der Waals surface area contributed by atoms with Gasteiger partial charge in [0, 0.05) is 24.2 Å². The lowest BCUT2D eigenvalue weighted by molar-refractivity contribution is 0.373. The van der Waals surface area contributed by atoms with Gasteiger partial charge in [0.05, 0.1) is 41.7 Å². The SMILES string of the molecule is COc1cc(-c2nc3ccccc3c(=O)n2Cc2cn(CCCCn3c(-c4cccc(O)c4)nc4ccccc4c3=O)nn2)ccc1O. The molecule has 0 atom stereocenters. The predicted octanol–water partition coefficient (Wildman–Crippen LogP) is 4.98. The minimum atomic E-state index is -0.228. The van der Waals surface area contributed by atoms with Crippen molar-refractivity contribution in [3.8, 4) is 40.0 Å². The summed E-state index contributed by atoms with van der Waals surface area (Å²) in [6.07, 6.45) is 3.14. The van der Waals surface area contributed by atoms with E-state index in [9.17, 15) is 19.8 Å². The van der Waals surface area contributed by atoms with E-state index in [4.69, 9.17) is 14.7 Å². The van der Waals surface area contributed by atoms with Gasteiger partial charge in [-0.25, -0.2) is 9.97 Å². The van der Waals surface area contributed by atoms with Crippen molar-refractivity contribution in [3.63, 3.8) is 0 Å². The van der Waals surface area contributed by atoms with Crippen LogP contribution in [0.3, 0.4) is 0 Å². The van der Waals surface area contributed by atoms with Crippen LogP contribution in [0.2, 0.25) is 0 Å². The molecule has 3 heterocycles. The third-order valence-corrected chi connectivity index (χ3v) is 8.19. The summed E-state index contributed by atoms with van der Waals surface area (Å²) in [6, 6.07) is 25.9. The van der Waals surface area contributed by atoms with Gasteiger partial charge in [-0.15, -0.1) is 5.10 Å². The Hall–Kier alpha value is -6.30. The Morgan fingerprint density at radius 3 is 2.06 bits per heavy atom. The fourth-order valence-electron chi connectivity index (χ4n) is 5.82. The Labute approximate surface area is 273 Å². The summed E-state index contributed by atoms with van der Waals surface area (Å²) in [5.74, 6) is 1.25. The van der Waals surface area contributed by atoms with Crippen molar-refractivity contribution in [1.82, 2.24) is 34.1 Å². The summed E-state index contributed by atoms with van der Waals surface area (Å²) in [6.45, 7) is 1.08. The van der Waals surface area contributed by atoms with Gasteiger partial charge in [0.15, 0.2) is 11.5 Å². The summed E-state index contributed by atoms with van der Waals surface area (Å²) in [4.78, 5) is 36.8. The monoisotopic (exact) mass is 641 g/mol. The number of methoxy groups -OCH3 is 1. The standard InChI is InChI=1S/C36H31N7O5/c1-48-32-20-24(15-16-31(32)45)34-38-30-14-5-3-12-28(30)36(47)43(34)22-25-21-41(40-39-25)17-6-7-18-42-33(23-9-8-10-26(44)19-23)37-29-13-4-2-11-27(29)35(42)46/h2-5,8-16,19-21,44-45H,6-7,17-18,22H2,1H3. The Balaban J connectivity index is 1.11. The second kappa shape index (κ2) is 12.8. The molecule has 12 nitrogen and oxygen atoms in total. The molecular weight excluding hydrogens is 610 g/mol. The Bertz CT molecular complexity index is 2410. The van der Waals surface area contributed by atoms with E-state index in [0.717, 1.165) is 0 Å². The molecule has 0 unspecified atom stereocenters. The molecule has 2 N–H and O–H groups in total. The highest BCUT2D eigenvalue weighted by molar-refractivity contribution is 5.81. The molecule has 3 aromatic heterocycles. The number of rotatable bonds is 10. The number of hydrogen-bond acceptors (Lipinski definition) is 9. The smallest absolute Gasteiger partial charge is 0.262 e. The molecular formula is C36H31N7O5. The van der Waals surface area contributed by atoms with E-state index in [1.54, 1.807) is 74.6 Å². The molecule has 0 bridgehead atoms. The van der Waals surface area contributed by atoms with E-state index in [0.29, 0.717) is 76.2 Å². The van der Waals surface area contributed by atoms with E-state index >= 15 is 0 Å². The van der Waals surface area contributed by atoms with Gasteiger partial charge >= 0.3 is 0 Å². The van der Waals surface area contributed by atoms with E-state index in [1.807, 2.05) is 30.3 Å². The largest absolute Gasteiger partial charge is 0.508 e. The van der Waals surface area contributed by atoms with Crippen LogP contribution in [-0.4, -0.2) is 51.4 Å². The van der Waals surface area contributed by atoms with Crippen LogP contribution in [0.5, 0.6) is 17.2 Å². The molecule has 0 saturated carbocycles. The number of phenolic OH excluding ortho intramolecular Hbond substituents is 2. The molecule has 240 valence electrons. The predicted molar refractivity (Wildman–Crippen MR) is 181 cm³/mol. The number of nitrogens with zero attached hydrogens (tertiary/aromatic N) is 7. The van der Waals surface area contributed by atoms with Crippen molar-refractivity contribution in [2.75, 3.05) is 7.11 Å². The minimum Gasteiger partial charge on any atom is -0.508 e. The van der Waals surface area contributed by atoms with Gasteiger partial charge < -0.3 is 14.9 Å². The third-order valence-electron chi connectivity index (χ3n) is 8.19. The lowest BCUT2D eigenvalue weighted by Crippen LogP contribution is -2.24. The van der Waals surface area contributed by atoms with Gasteiger partial charge in [-0.3, -0.25) is 23.4 Å². The molecule has 0 amide bonds. The van der Waals surface area contributed by atoms with Gasteiger partial charge in [-0.05, 0) is 67.4 Å². The van der Waals surface area contributed by atoms with Gasteiger partial charge in [-0.1, -0.05) is 41.6 Å². The Morgan fingerprint density at radius 1 is 0.708 bits per heavy atom. The zero-order valence-corrected chi connectivity index (χ0v) is 26.0. The zero-order valence-electron chi connectivity index (χ0n) is 26.0. The molecule has 0 aliphatic rings. The molecule has 7 aromatic rings. The minimum absolute atomic E-state index is 0.0174. The van der Waals surface area contributed by atoms with Crippen LogP contribution in [0.25, 0.3) is 44.6 Å². The Morgan fingerprint density at radius 2 is 1.35 bits per heavy atom. The molecule has 0 aliphatic heterocycles. The van der Waals surface area contributed by atoms with Crippen LogP contribution >= 0.6 is 0 Å². The lowest BCUT2D eigenvalue weighted by Gasteiger charge is -2.14. The number of unbranched alkanes of at least 4 members (excludes halogenated alkanes) is 1. The fourth-order valence-corrected chi connectivity index (χ4v) is 5.82. The first-order chi connectivity index (χ1) is 23.4. The van der Waals surface area contributed by atoms with Crippen molar-refractivity contribution >= 4 is 21.8 Å². The van der Waals surface area contributed by atoms with Crippen LogP contribution in [0, 0.1) is 0 Å². The molecule has 0 fully saturated rings. The normalized spacial score (nSPS) is 11.4. The number of aromatic nitrogens is 7. The number of fused-ring (bicyclic) bond motifs is 2. The maximum Gasteiger partial charge on any atom is 0.262 e. The average molecular weight is 642 g/mol. The number of para-hydroxylation sites is 2. The van der Waals surface area contributed by atoms with E-state index in [1.165, 1.54) is 13.2 Å². The van der Waals surface area contributed by atoms with E-state index in [2.05, 4.69) is 10.3 Å². The highest BCUT2D eigenvalue weighted by Gasteiger charge is 2.17. The molecule has 7 rings (SSSR count). The first-order valence-electron chi connectivity index (χ1n) is 15.4. The van der Waals surface area contributed by atoms with Gasteiger partial charge in [0.2, 0.25) is 0 Å². The van der Waals surface area contributed by atoms with Crippen molar-refractivity contribution in [3.05, 3.63) is 124 Å². The second-order valence-corrected chi connectivity index (χ2v) is 11.4. The van der Waals surface area contributed by atoms with Crippen LogP contribution in [-0.2, 0) is 19.6 Å². The van der Waals surface area contributed by atoms with Crippen molar-refractivity contribution in [2.24, 2.45) is 0 Å². The van der Waals surface area contributed by atoms with Crippen molar-refractivity contribution in [1.29, 1.82) is 0 Å². The van der Waals surface area contributed by atoms with Crippen molar-refractivity contribution in [2.45, 2.75) is 32.5 Å². The van der Waals surface area contributed by atoms with E-state index in [-0.39, 0.29) is 34.9 Å². The number of benzene rings is 4. The fraction of sp³-hybridized carbons (Fsp3) is 0.167. The highest BCUT2D eigenvalue weighted by Crippen LogP contribution is 2.31. The quantitative estimate of drug-likeness (QED) is 0.197. The summed E-state index contributed by atoms with van der Waals surface area (Å²) < 4.78 is 10.2. The first-order valence-corrected chi connectivity index (χ1v) is 15.4. The second-order valence-electron chi connectivity index (χ2n) is 11.4. The molecule has 4 aromatic carbocycles. The molecule has 0 saturated heterocycles. The maximum absolute atomic E-state index is 13.7. The van der Waals surface area contributed by atoms with Crippen LogP contribution < -0.4 is 15.9 Å². The molecule has 48 heavy (non-hydrogen) atoms.